The highest BCUT2D eigenvalue weighted by molar-refractivity contribution is 6.39. The number of carbonyl (C=O) groups is 3. The predicted octanol–water partition coefficient (Wildman–Crippen LogP) is 5.03. The molecule has 6 nitrogen and oxygen atoms in total. The number of allylic oxidation sites excluding steroid dienone is 1. The number of hydrogen-bond donors (Lipinski definition) is 1. The van der Waals surface area contributed by atoms with Crippen LogP contribution in [-0.2, 0) is 9.59 Å². The van der Waals surface area contributed by atoms with Gasteiger partial charge in [-0.1, -0.05) is 23.7 Å². The van der Waals surface area contributed by atoms with Crippen LogP contribution in [0.1, 0.15) is 38.8 Å². The zero-order valence-electron chi connectivity index (χ0n) is 18.4. The van der Waals surface area contributed by atoms with Crippen LogP contribution >= 0.6 is 11.6 Å². The van der Waals surface area contributed by atoms with Crippen LogP contribution in [-0.4, -0.2) is 29.9 Å². The van der Waals surface area contributed by atoms with Gasteiger partial charge in [-0.2, -0.15) is 0 Å². The Morgan fingerprint density at radius 3 is 2.41 bits per heavy atom. The quantitative estimate of drug-likeness (QED) is 0.527. The molecule has 0 bridgehead atoms. The summed E-state index contributed by atoms with van der Waals surface area (Å²) >= 11 is 5.91. The van der Waals surface area contributed by atoms with Crippen molar-refractivity contribution < 1.29 is 14.4 Å². The molecule has 2 aromatic carbocycles. The van der Waals surface area contributed by atoms with Crippen LogP contribution in [0.3, 0.4) is 0 Å². The van der Waals surface area contributed by atoms with Crippen LogP contribution in [0.2, 0.25) is 5.02 Å². The molecule has 0 saturated carbocycles. The van der Waals surface area contributed by atoms with Gasteiger partial charge in [0.15, 0.2) is 0 Å². The van der Waals surface area contributed by atoms with Crippen LogP contribution in [0.5, 0.6) is 0 Å². The number of amides is 4. The summed E-state index contributed by atoms with van der Waals surface area (Å²) in [4.78, 5) is 41.2. The van der Waals surface area contributed by atoms with Crippen molar-refractivity contribution in [2.75, 3.05) is 16.3 Å². The molecule has 0 aromatic heterocycles. The Labute approximate surface area is 192 Å². The van der Waals surface area contributed by atoms with Crippen molar-refractivity contribution in [2.45, 2.75) is 33.2 Å². The van der Waals surface area contributed by atoms with Crippen LogP contribution in [0.25, 0.3) is 11.6 Å². The van der Waals surface area contributed by atoms with Crippen molar-refractivity contribution in [2.24, 2.45) is 0 Å². The minimum absolute atomic E-state index is 0.107. The highest BCUT2D eigenvalue weighted by Gasteiger charge is 2.37. The first-order valence-corrected chi connectivity index (χ1v) is 10.8. The Kier molecular flexibility index (Phi) is 5.42. The van der Waals surface area contributed by atoms with Crippen LogP contribution in [0.4, 0.5) is 16.2 Å². The summed E-state index contributed by atoms with van der Waals surface area (Å²) < 4.78 is 0. The second-order valence-electron chi connectivity index (χ2n) is 8.44. The molecule has 1 N–H and O–H groups in total. The minimum atomic E-state index is -0.787. The van der Waals surface area contributed by atoms with Gasteiger partial charge >= 0.3 is 6.03 Å². The first-order valence-electron chi connectivity index (χ1n) is 10.4. The van der Waals surface area contributed by atoms with Crippen LogP contribution in [0, 0.1) is 0 Å². The van der Waals surface area contributed by atoms with E-state index in [4.69, 9.17) is 11.6 Å². The highest BCUT2D eigenvalue weighted by atomic mass is 35.5. The molecule has 2 aliphatic rings. The predicted molar refractivity (Wildman–Crippen MR) is 128 cm³/mol. The molecule has 0 atom stereocenters. The molecule has 0 unspecified atom stereocenters. The summed E-state index contributed by atoms with van der Waals surface area (Å²) in [6.07, 6.45) is 3.74. The summed E-state index contributed by atoms with van der Waals surface area (Å²) in [5.41, 5.74) is 4.12. The lowest BCUT2D eigenvalue weighted by Gasteiger charge is -2.42. The van der Waals surface area contributed by atoms with E-state index in [1.54, 1.807) is 24.3 Å². The number of anilines is 2. The summed E-state index contributed by atoms with van der Waals surface area (Å²) in [6, 6.07) is 11.3. The molecule has 2 heterocycles. The first kappa shape index (κ1) is 21.8. The number of hydrogen-bond acceptors (Lipinski definition) is 4. The Morgan fingerprint density at radius 2 is 1.75 bits per heavy atom. The first-order chi connectivity index (χ1) is 15.1. The third-order valence-corrected chi connectivity index (χ3v) is 6.07. The number of rotatable bonds is 3. The van der Waals surface area contributed by atoms with E-state index in [0.717, 1.165) is 28.3 Å². The molecule has 0 radical (unpaired) electrons. The van der Waals surface area contributed by atoms with Gasteiger partial charge in [-0.3, -0.25) is 14.9 Å². The molecule has 1 fully saturated rings. The van der Waals surface area contributed by atoms with Crippen LogP contribution < -0.4 is 15.1 Å². The van der Waals surface area contributed by atoms with E-state index in [1.165, 1.54) is 6.08 Å². The zero-order chi connectivity index (χ0) is 23.2. The molecule has 164 valence electrons. The second kappa shape index (κ2) is 7.95. The van der Waals surface area contributed by atoms with Gasteiger partial charge in [0.1, 0.15) is 5.57 Å². The third kappa shape index (κ3) is 3.71. The summed E-state index contributed by atoms with van der Waals surface area (Å²) in [6.45, 7) is 9.37. The van der Waals surface area contributed by atoms with Crippen molar-refractivity contribution >= 4 is 52.5 Å². The van der Waals surface area contributed by atoms with Gasteiger partial charge in [-0.15, -0.1) is 0 Å². The standard InChI is InChI=1S/C25H24ClN3O3/c1-5-28-21-11-6-16(12-19(21)15(2)14-25(28,3)4)13-20-22(30)27-24(32)29(23(20)31)18-9-7-17(26)8-10-18/h6-14H,5H2,1-4H3,(H,27,30,32)/b20-13-. The van der Waals surface area contributed by atoms with E-state index in [2.05, 4.69) is 44.0 Å². The molecule has 7 heteroatoms. The number of halogens is 1. The molecule has 0 aliphatic carbocycles. The minimum Gasteiger partial charge on any atom is -0.363 e. The Bertz CT molecular complexity index is 1200. The molecule has 2 aliphatic heterocycles. The molecule has 1 saturated heterocycles. The number of likely N-dealkylation sites (N-methyl/N-ethyl adjacent to an activating group) is 1. The second-order valence-corrected chi connectivity index (χ2v) is 8.87. The van der Waals surface area contributed by atoms with Gasteiger partial charge < -0.3 is 4.90 Å². The fourth-order valence-electron chi connectivity index (χ4n) is 4.42. The molecular formula is C25H24ClN3O3. The largest absolute Gasteiger partial charge is 0.363 e. The number of barbiturate groups is 1. The number of imide groups is 2. The SMILES string of the molecule is CCN1c2ccc(/C=C3/C(=O)NC(=O)N(c4ccc(Cl)cc4)C3=O)cc2C(C)=CC1(C)C. The number of urea groups is 1. The van der Waals surface area contributed by atoms with Crippen molar-refractivity contribution in [3.8, 4) is 0 Å². The van der Waals surface area contributed by atoms with E-state index < -0.39 is 17.8 Å². The van der Waals surface area contributed by atoms with Crippen molar-refractivity contribution in [3.05, 3.63) is 70.3 Å². The maximum absolute atomic E-state index is 13.1. The number of nitrogens with zero attached hydrogens (tertiary/aromatic N) is 2. The smallest absolute Gasteiger partial charge is 0.335 e. The molecule has 32 heavy (non-hydrogen) atoms. The topological polar surface area (TPSA) is 69.7 Å². The monoisotopic (exact) mass is 449 g/mol. The summed E-state index contributed by atoms with van der Waals surface area (Å²) in [5, 5.41) is 2.73. The normalized spacial score (nSPS) is 19.1. The number of fused-ring (bicyclic) bond motifs is 1. The van der Waals surface area contributed by atoms with E-state index in [0.29, 0.717) is 16.3 Å². The molecule has 0 spiro atoms. The number of carbonyl (C=O) groups excluding carboxylic acids is 3. The third-order valence-electron chi connectivity index (χ3n) is 5.82. The average Bonchev–Trinajstić information content (AvgIpc) is 2.72. The van der Waals surface area contributed by atoms with Crippen molar-refractivity contribution in [3.63, 3.8) is 0 Å². The lowest BCUT2D eigenvalue weighted by molar-refractivity contribution is -0.122. The van der Waals surface area contributed by atoms with Gasteiger partial charge in [0.05, 0.1) is 11.2 Å². The van der Waals surface area contributed by atoms with E-state index in [9.17, 15) is 14.4 Å². The molecule has 2 aromatic rings. The van der Waals surface area contributed by atoms with E-state index in [1.807, 2.05) is 18.2 Å². The Morgan fingerprint density at radius 1 is 1.06 bits per heavy atom. The van der Waals surface area contributed by atoms with Crippen molar-refractivity contribution in [1.29, 1.82) is 0 Å². The molecule has 4 amide bonds. The zero-order valence-corrected chi connectivity index (χ0v) is 19.2. The van der Waals surface area contributed by atoms with Crippen molar-refractivity contribution in [1.82, 2.24) is 5.32 Å². The molecular weight excluding hydrogens is 426 g/mol. The van der Waals surface area contributed by atoms with E-state index in [-0.39, 0.29) is 11.1 Å². The summed E-state index contributed by atoms with van der Waals surface area (Å²) in [5.74, 6) is -1.39. The average molecular weight is 450 g/mol. The Balaban J connectivity index is 1.74. The number of nitrogens with one attached hydrogen (secondary N) is 1. The lowest BCUT2D eigenvalue weighted by atomic mass is 9.88. The van der Waals surface area contributed by atoms with Gasteiger partial charge in [-0.25, -0.2) is 9.69 Å². The maximum atomic E-state index is 13.1. The summed E-state index contributed by atoms with van der Waals surface area (Å²) in [7, 11) is 0. The maximum Gasteiger partial charge on any atom is 0.335 e. The van der Waals surface area contributed by atoms with Gasteiger partial charge in [0, 0.05) is 22.8 Å². The van der Waals surface area contributed by atoms with Crippen LogP contribution in [0.15, 0.2) is 54.1 Å². The van der Waals surface area contributed by atoms with Gasteiger partial charge in [0.2, 0.25) is 0 Å². The van der Waals surface area contributed by atoms with Gasteiger partial charge in [0.25, 0.3) is 11.8 Å². The van der Waals surface area contributed by atoms with Gasteiger partial charge in [-0.05, 0) is 81.3 Å². The highest BCUT2D eigenvalue weighted by Crippen LogP contribution is 2.39. The fraction of sp³-hybridized carbons (Fsp3) is 0.240. The fourth-order valence-corrected chi connectivity index (χ4v) is 4.54. The molecule has 4 rings (SSSR count). The van der Waals surface area contributed by atoms with E-state index >= 15 is 0 Å². The number of benzene rings is 2. The Hall–Kier alpha value is -3.38. The lowest BCUT2D eigenvalue weighted by Crippen LogP contribution is -2.54.